The minimum Gasteiger partial charge on any atom is -0.302 e. The maximum Gasteiger partial charge on any atom is 0.0662 e. The van der Waals surface area contributed by atoms with Crippen LogP contribution in [0.3, 0.4) is 0 Å². The third-order valence-electron chi connectivity index (χ3n) is 4.69. The van der Waals surface area contributed by atoms with Crippen LogP contribution in [0.1, 0.15) is 44.2 Å². The lowest BCUT2D eigenvalue weighted by atomic mass is 9.71. The molecule has 3 N–H and O–H groups in total. The molecular weight excluding hydrogens is 322 g/mol. The van der Waals surface area contributed by atoms with Crippen LogP contribution in [0.4, 0.5) is 0 Å². The second-order valence-electron chi connectivity index (χ2n) is 5.96. The Morgan fingerprint density at radius 1 is 1.42 bits per heavy atom. The molecule has 0 aliphatic heterocycles. The molecule has 1 aromatic heterocycles. The molecule has 1 heterocycles. The number of rotatable bonds is 4. The molecule has 5 heteroatoms. The average Bonchev–Trinajstić information content (AvgIpc) is 2.79. The molecule has 1 aliphatic carbocycles. The zero-order chi connectivity index (χ0) is 14.0. The topological polar surface area (TPSA) is 41.3 Å². The smallest absolute Gasteiger partial charge is 0.0662 e. The van der Waals surface area contributed by atoms with Gasteiger partial charge >= 0.3 is 0 Å². The molecule has 2 rings (SSSR count). The fourth-order valence-corrected chi connectivity index (χ4v) is 4.84. The van der Waals surface area contributed by atoms with Gasteiger partial charge in [-0.2, -0.15) is 11.3 Å². The van der Waals surface area contributed by atoms with Crippen molar-refractivity contribution in [2.45, 2.75) is 44.2 Å². The number of halogens is 1. The number of likely N-dealkylation sites (N-methyl/N-ethyl adjacent to an activating group) is 1. The molecule has 0 saturated heterocycles. The van der Waals surface area contributed by atoms with Crippen LogP contribution in [0, 0.1) is 5.92 Å². The van der Waals surface area contributed by atoms with Crippen molar-refractivity contribution in [3.8, 4) is 0 Å². The van der Waals surface area contributed by atoms with Crippen LogP contribution in [-0.4, -0.2) is 24.5 Å². The minimum atomic E-state index is 0.116. The molecule has 1 fully saturated rings. The number of nitrogens with one attached hydrogen (secondary N) is 1. The summed E-state index contributed by atoms with van der Waals surface area (Å²) in [7, 11) is 4.36. The van der Waals surface area contributed by atoms with Gasteiger partial charge in [0.15, 0.2) is 0 Å². The van der Waals surface area contributed by atoms with Crippen molar-refractivity contribution >= 4 is 27.3 Å². The van der Waals surface area contributed by atoms with Crippen LogP contribution < -0.4 is 11.3 Å². The fourth-order valence-electron chi connectivity index (χ4n) is 3.29. The maximum absolute atomic E-state index is 5.93. The fraction of sp³-hybridized carbons (Fsp3) is 0.714. The van der Waals surface area contributed by atoms with Crippen molar-refractivity contribution < 1.29 is 0 Å². The van der Waals surface area contributed by atoms with E-state index in [2.05, 4.69) is 58.0 Å². The summed E-state index contributed by atoms with van der Waals surface area (Å²) in [5.74, 6) is 6.76. The van der Waals surface area contributed by atoms with Gasteiger partial charge in [-0.3, -0.25) is 11.3 Å². The first kappa shape index (κ1) is 15.4. The van der Waals surface area contributed by atoms with E-state index in [0.29, 0.717) is 0 Å². The third-order valence-corrected chi connectivity index (χ3v) is 6.44. The normalized spacial score (nSPS) is 29.7. The van der Waals surface area contributed by atoms with Crippen molar-refractivity contribution in [1.82, 2.24) is 10.3 Å². The molecule has 0 aromatic carbocycles. The number of hydrogen-bond acceptors (Lipinski definition) is 4. The third kappa shape index (κ3) is 2.90. The highest BCUT2D eigenvalue weighted by Gasteiger charge is 2.44. The lowest BCUT2D eigenvalue weighted by Gasteiger charge is -2.49. The molecule has 1 atom stereocenters. The monoisotopic (exact) mass is 345 g/mol. The van der Waals surface area contributed by atoms with Gasteiger partial charge in [-0.15, -0.1) is 0 Å². The molecule has 1 saturated carbocycles. The predicted octanol–water partition coefficient (Wildman–Crippen LogP) is 3.53. The van der Waals surface area contributed by atoms with Gasteiger partial charge in [0.2, 0.25) is 0 Å². The number of nitrogens with zero attached hydrogens (tertiary/aromatic N) is 1. The van der Waals surface area contributed by atoms with Crippen LogP contribution in [0.2, 0.25) is 0 Å². The number of nitrogens with two attached hydrogens (primary N) is 1. The molecule has 0 radical (unpaired) electrons. The summed E-state index contributed by atoms with van der Waals surface area (Å²) in [5, 5.41) is 4.34. The summed E-state index contributed by atoms with van der Waals surface area (Å²) in [6, 6.07) is 0.177. The Kier molecular flexibility index (Phi) is 5.06. The largest absolute Gasteiger partial charge is 0.302 e. The average molecular weight is 346 g/mol. The van der Waals surface area contributed by atoms with Gasteiger partial charge in [-0.1, -0.05) is 6.92 Å². The summed E-state index contributed by atoms with van der Waals surface area (Å²) < 4.78 is 1.17. The Bertz CT molecular complexity index is 411. The van der Waals surface area contributed by atoms with E-state index in [-0.39, 0.29) is 11.6 Å². The highest BCUT2D eigenvalue weighted by Crippen LogP contribution is 2.45. The molecule has 0 amide bonds. The van der Waals surface area contributed by atoms with Gasteiger partial charge in [0.25, 0.3) is 0 Å². The summed E-state index contributed by atoms with van der Waals surface area (Å²) in [4.78, 5) is 2.37. The standard InChI is InChI=1S/C14H24BrN3S/c1-10-4-6-14(7-5-10,18(2)3)13(17-16)11-8-19-9-12(11)15/h8-10,13,17H,4-7,16H2,1-3H3. The summed E-state index contributed by atoms with van der Waals surface area (Å²) in [6.45, 7) is 2.35. The van der Waals surface area contributed by atoms with Gasteiger partial charge in [-0.25, -0.2) is 0 Å². The second-order valence-corrected chi connectivity index (χ2v) is 7.55. The number of hydrogen-bond donors (Lipinski definition) is 2. The van der Waals surface area contributed by atoms with E-state index in [1.165, 1.54) is 35.7 Å². The van der Waals surface area contributed by atoms with E-state index in [0.717, 1.165) is 5.92 Å². The van der Waals surface area contributed by atoms with E-state index in [4.69, 9.17) is 5.84 Å². The Labute approximate surface area is 128 Å². The molecule has 0 bridgehead atoms. The summed E-state index contributed by atoms with van der Waals surface area (Å²) >= 11 is 5.38. The molecular formula is C14H24BrN3S. The number of hydrazine groups is 1. The zero-order valence-electron chi connectivity index (χ0n) is 11.9. The first-order valence-corrected chi connectivity index (χ1v) is 8.60. The Morgan fingerprint density at radius 3 is 2.47 bits per heavy atom. The molecule has 3 nitrogen and oxygen atoms in total. The van der Waals surface area contributed by atoms with Crippen LogP contribution in [0.15, 0.2) is 15.2 Å². The van der Waals surface area contributed by atoms with E-state index >= 15 is 0 Å². The van der Waals surface area contributed by atoms with E-state index in [9.17, 15) is 0 Å². The first-order chi connectivity index (χ1) is 9.01. The predicted molar refractivity (Wildman–Crippen MR) is 86.1 cm³/mol. The second kappa shape index (κ2) is 6.22. The SMILES string of the molecule is CC1CCC(C(NN)c2cscc2Br)(N(C)C)CC1. The Balaban J connectivity index is 2.34. The van der Waals surface area contributed by atoms with E-state index in [1.54, 1.807) is 11.3 Å². The van der Waals surface area contributed by atoms with Crippen molar-refractivity contribution in [3.05, 3.63) is 20.8 Å². The minimum absolute atomic E-state index is 0.116. The molecule has 1 unspecified atom stereocenters. The Morgan fingerprint density at radius 2 is 2.05 bits per heavy atom. The van der Waals surface area contributed by atoms with E-state index < -0.39 is 0 Å². The quantitative estimate of drug-likeness (QED) is 0.647. The van der Waals surface area contributed by atoms with E-state index in [1.807, 2.05) is 0 Å². The highest BCUT2D eigenvalue weighted by atomic mass is 79.9. The van der Waals surface area contributed by atoms with Crippen molar-refractivity contribution in [2.75, 3.05) is 14.1 Å². The lowest BCUT2D eigenvalue weighted by molar-refractivity contribution is 0.0427. The van der Waals surface area contributed by atoms with Crippen LogP contribution in [0.5, 0.6) is 0 Å². The van der Waals surface area contributed by atoms with Crippen molar-refractivity contribution in [3.63, 3.8) is 0 Å². The van der Waals surface area contributed by atoms with Gasteiger partial charge in [-0.05, 0) is 72.6 Å². The zero-order valence-corrected chi connectivity index (χ0v) is 14.4. The van der Waals surface area contributed by atoms with Crippen LogP contribution >= 0.6 is 27.3 Å². The maximum atomic E-state index is 5.93. The van der Waals surface area contributed by atoms with Gasteiger partial charge in [0.05, 0.1) is 6.04 Å². The van der Waals surface area contributed by atoms with Gasteiger partial charge < -0.3 is 4.90 Å². The molecule has 0 spiro atoms. The van der Waals surface area contributed by atoms with Crippen molar-refractivity contribution in [1.29, 1.82) is 0 Å². The summed E-state index contributed by atoms with van der Waals surface area (Å²) in [5.41, 5.74) is 4.49. The van der Waals surface area contributed by atoms with Gasteiger partial charge in [0.1, 0.15) is 0 Å². The molecule has 1 aliphatic rings. The molecule has 19 heavy (non-hydrogen) atoms. The molecule has 108 valence electrons. The Hall–Kier alpha value is 0.0600. The number of thiophene rings is 1. The van der Waals surface area contributed by atoms with Gasteiger partial charge in [0, 0.05) is 15.4 Å². The van der Waals surface area contributed by atoms with Crippen LogP contribution in [0.25, 0.3) is 0 Å². The molecule has 1 aromatic rings. The van der Waals surface area contributed by atoms with Crippen LogP contribution in [-0.2, 0) is 0 Å². The first-order valence-electron chi connectivity index (χ1n) is 6.86. The van der Waals surface area contributed by atoms with Crippen molar-refractivity contribution in [2.24, 2.45) is 11.8 Å². The highest BCUT2D eigenvalue weighted by molar-refractivity contribution is 9.10. The lowest BCUT2D eigenvalue weighted by Crippen LogP contribution is -2.56. The summed E-state index contributed by atoms with van der Waals surface area (Å²) in [6.07, 6.45) is 4.94.